The zero-order valence-corrected chi connectivity index (χ0v) is 13.3. The second-order valence-electron chi connectivity index (χ2n) is 6.13. The fourth-order valence-corrected chi connectivity index (χ4v) is 2.95. The van der Waals surface area contributed by atoms with Gasteiger partial charge >= 0.3 is 0 Å². The molecule has 4 nitrogen and oxygen atoms in total. The number of carbonyl (C=O) groups is 1. The van der Waals surface area contributed by atoms with Gasteiger partial charge in [-0.25, -0.2) is 4.39 Å². The summed E-state index contributed by atoms with van der Waals surface area (Å²) in [6, 6.07) is 5.04. The van der Waals surface area contributed by atoms with Gasteiger partial charge in [-0.05, 0) is 50.4 Å². The Balaban J connectivity index is 1.85. The summed E-state index contributed by atoms with van der Waals surface area (Å²) in [5, 5.41) is 12.6. The number of likely N-dealkylation sites (tertiary alicyclic amines) is 1. The summed E-state index contributed by atoms with van der Waals surface area (Å²) in [6.07, 6.45) is 2.64. The first-order valence-electron chi connectivity index (χ1n) is 7.91. The number of carbonyl (C=O) groups excluding carboxylic acids is 1. The third kappa shape index (κ3) is 4.52. The number of hydrogen-bond acceptors (Lipinski definition) is 3. The number of aliphatic hydroxyl groups excluding tert-OH is 1. The lowest BCUT2D eigenvalue weighted by Gasteiger charge is -2.36. The fourth-order valence-electron chi connectivity index (χ4n) is 2.95. The molecule has 1 amide bonds. The monoisotopic (exact) mass is 308 g/mol. The molecule has 0 bridgehead atoms. The number of halogens is 1. The highest BCUT2D eigenvalue weighted by Gasteiger charge is 2.27. The number of aliphatic hydroxyl groups is 1. The van der Waals surface area contributed by atoms with Crippen molar-refractivity contribution in [2.24, 2.45) is 0 Å². The molecule has 0 saturated carbocycles. The Hall–Kier alpha value is -1.46. The number of nitrogens with one attached hydrogen (secondary N) is 1. The molecule has 0 aromatic heterocycles. The number of nitrogens with zero attached hydrogens (tertiary/aromatic N) is 1. The van der Waals surface area contributed by atoms with Crippen LogP contribution in [0.1, 0.15) is 37.3 Å². The van der Waals surface area contributed by atoms with E-state index < -0.39 is 6.10 Å². The van der Waals surface area contributed by atoms with Crippen LogP contribution in [0.5, 0.6) is 0 Å². The number of rotatable bonds is 5. The number of aryl methyl sites for hydroxylation is 1. The molecule has 2 rings (SSSR count). The SMILES string of the molecule is Cc1ccc(CNC(=O)CN2CCCC[C@H]2[C@H](C)O)cc1F. The lowest BCUT2D eigenvalue weighted by Crippen LogP contribution is -2.49. The molecule has 1 aromatic carbocycles. The van der Waals surface area contributed by atoms with Crippen LogP contribution in [0.3, 0.4) is 0 Å². The van der Waals surface area contributed by atoms with E-state index in [2.05, 4.69) is 5.32 Å². The Morgan fingerprint density at radius 1 is 1.50 bits per heavy atom. The normalized spacial score (nSPS) is 20.6. The second kappa shape index (κ2) is 7.70. The standard InChI is InChI=1S/C17H25FN2O2/c1-12-6-7-14(9-15(12)18)10-19-17(22)11-20-8-4-3-5-16(20)13(2)21/h6-7,9,13,16,21H,3-5,8,10-11H2,1-2H3,(H,19,22)/t13-,16-/m0/s1. The van der Waals surface area contributed by atoms with Gasteiger partial charge in [-0.2, -0.15) is 0 Å². The third-order valence-corrected chi connectivity index (χ3v) is 4.29. The Morgan fingerprint density at radius 2 is 2.27 bits per heavy atom. The molecule has 0 radical (unpaired) electrons. The first-order chi connectivity index (χ1) is 10.5. The van der Waals surface area contributed by atoms with Gasteiger partial charge in [-0.3, -0.25) is 9.69 Å². The Bertz CT molecular complexity index is 519. The molecule has 0 spiro atoms. The lowest BCUT2D eigenvalue weighted by atomic mass is 9.98. The lowest BCUT2D eigenvalue weighted by molar-refractivity contribution is -0.124. The Morgan fingerprint density at radius 3 is 2.95 bits per heavy atom. The maximum atomic E-state index is 13.5. The summed E-state index contributed by atoms with van der Waals surface area (Å²) in [5.74, 6) is -0.342. The average molecular weight is 308 g/mol. The van der Waals surface area contributed by atoms with Crippen molar-refractivity contribution in [1.29, 1.82) is 0 Å². The highest BCUT2D eigenvalue weighted by molar-refractivity contribution is 5.78. The minimum Gasteiger partial charge on any atom is -0.392 e. The minimum atomic E-state index is -0.431. The van der Waals surface area contributed by atoms with Crippen LogP contribution in [0.15, 0.2) is 18.2 Å². The molecule has 1 saturated heterocycles. The molecule has 2 atom stereocenters. The highest BCUT2D eigenvalue weighted by Crippen LogP contribution is 2.19. The number of piperidine rings is 1. The molecule has 1 aliphatic heterocycles. The molecule has 1 aromatic rings. The van der Waals surface area contributed by atoms with Gasteiger partial charge in [0, 0.05) is 12.6 Å². The molecular formula is C17H25FN2O2. The van der Waals surface area contributed by atoms with Crippen LogP contribution in [-0.4, -0.2) is 41.1 Å². The van der Waals surface area contributed by atoms with E-state index in [1.807, 2.05) is 11.0 Å². The smallest absolute Gasteiger partial charge is 0.234 e. The van der Waals surface area contributed by atoms with E-state index in [9.17, 15) is 14.3 Å². The van der Waals surface area contributed by atoms with Gasteiger partial charge in [0.2, 0.25) is 5.91 Å². The molecule has 5 heteroatoms. The zero-order valence-electron chi connectivity index (χ0n) is 13.3. The van der Waals surface area contributed by atoms with Crippen molar-refractivity contribution in [3.63, 3.8) is 0 Å². The summed E-state index contributed by atoms with van der Waals surface area (Å²) in [6.45, 7) is 4.93. The summed E-state index contributed by atoms with van der Waals surface area (Å²) < 4.78 is 13.5. The second-order valence-corrected chi connectivity index (χ2v) is 6.13. The van der Waals surface area contributed by atoms with E-state index >= 15 is 0 Å². The van der Waals surface area contributed by atoms with Crippen LogP contribution in [-0.2, 0) is 11.3 Å². The quantitative estimate of drug-likeness (QED) is 0.874. The van der Waals surface area contributed by atoms with Crippen LogP contribution in [0.2, 0.25) is 0 Å². The average Bonchev–Trinajstić information content (AvgIpc) is 2.49. The van der Waals surface area contributed by atoms with E-state index in [1.165, 1.54) is 6.07 Å². The summed E-state index contributed by atoms with van der Waals surface area (Å²) >= 11 is 0. The van der Waals surface area contributed by atoms with Gasteiger partial charge in [0.15, 0.2) is 0 Å². The van der Waals surface area contributed by atoms with Gasteiger partial charge in [0.1, 0.15) is 5.82 Å². The Kier molecular flexibility index (Phi) is 5.91. The molecular weight excluding hydrogens is 283 g/mol. The largest absolute Gasteiger partial charge is 0.392 e. The summed E-state index contributed by atoms with van der Waals surface area (Å²) in [4.78, 5) is 14.1. The number of hydrogen-bond donors (Lipinski definition) is 2. The molecule has 1 fully saturated rings. The van der Waals surface area contributed by atoms with Gasteiger partial charge in [0.05, 0.1) is 12.6 Å². The topological polar surface area (TPSA) is 52.6 Å². The van der Waals surface area contributed by atoms with Crippen molar-refractivity contribution in [1.82, 2.24) is 10.2 Å². The molecule has 122 valence electrons. The molecule has 0 aliphatic carbocycles. The molecule has 22 heavy (non-hydrogen) atoms. The minimum absolute atomic E-state index is 0.0521. The summed E-state index contributed by atoms with van der Waals surface area (Å²) in [7, 11) is 0. The molecule has 1 heterocycles. The summed E-state index contributed by atoms with van der Waals surface area (Å²) in [5.41, 5.74) is 1.35. The van der Waals surface area contributed by atoms with Crippen molar-refractivity contribution in [3.05, 3.63) is 35.1 Å². The maximum absolute atomic E-state index is 13.5. The molecule has 1 aliphatic rings. The maximum Gasteiger partial charge on any atom is 0.234 e. The van der Waals surface area contributed by atoms with Crippen molar-refractivity contribution >= 4 is 5.91 Å². The van der Waals surface area contributed by atoms with E-state index in [0.717, 1.165) is 31.4 Å². The fraction of sp³-hybridized carbons (Fsp3) is 0.588. The van der Waals surface area contributed by atoms with Gasteiger partial charge < -0.3 is 10.4 Å². The first-order valence-corrected chi connectivity index (χ1v) is 7.91. The van der Waals surface area contributed by atoms with Crippen molar-refractivity contribution in [2.45, 2.75) is 51.8 Å². The number of amides is 1. The van der Waals surface area contributed by atoms with E-state index in [-0.39, 0.29) is 24.3 Å². The van der Waals surface area contributed by atoms with Crippen molar-refractivity contribution < 1.29 is 14.3 Å². The van der Waals surface area contributed by atoms with E-state index in [4.69, 9.17) is 0 Å². The molecule has 2 N–H and O–H groups in total. The van der Waals surface area contributed by atoms with Gasteiger partial charge in [0.25, 0.3) is 0 Å². The van der Waals surface area contributed by atoms with Gasteiger partial charge in [-0.1, -0.05) is 18.6 Å². The van der Waals surface area contributed by atoms with Crippen LogP contribution in [0.25, 0.3) is 0 Å². The zero-order chi connectivity index (χ0) is 16.1. The first kappa shape index (κ1) is 16.9. The predicted molar refractivity (Wildman–Crippen MR) is 83.9 cm³/mol. The van der Waals surface area contributed by atoms with Crippen LogP contribution in [0.4, 0.5) is 4.39 Å². The van der Waals surface area contributed by atoms with E-state index in [0.29, 0.717) is 12.1 Å². The van der Waals surface area contributed by atoms with Crippen molar-refractivity contribution in [2.75, 3.05) is 13.1 Å². The van der Waals surface area contributed by atoms with E-state index in [1.54, 1.807) is 19.9 Å². The number of benzene rings is 1. The third-order valence-electron chi connectivity index (χ3n) is 4.29. The van der Waals surface area contributed by atoms with Gasteiger partial charge in [-0.15, -0.1) is 0 Å². The van der Waals surface area contributed by atoms with Crippen LogP contribution < -0.4 is 5.32 Å². The van der Waals surface area contributed by atoms with Crippen LogP contribution in [0, 0.1) is 12.7 Å². The van der Waals surface area contributed by atoms with Crippen LogP contribution >= 0.6 is 0 Å². The highest BCUT2D eigenvalue weighted by atomic mass is 19.1. The van der Waals surface area contributed by atoms with Crippen molar-refractivity contribution in [3.8, 4) is 0 Å². The Labute approximate surface area is 131 Å². The molecule has 0 unspecified atom stereocenters. The predicted octanol–water partition coefficient (Wildman–Crippen LogP) is 1.99.